The van der Waals surface area contributed by atoms with Crippen LogP contribution in [0.5, 0.6) is 5.75 Å². The molecule has 4 fully saturated rings. The summed E-state index contributed by atoms with van der Waals surface area (Å²) in [5, 5.41) is 54.9. The zero-order valence-electron chi connectivity index (χ0n) is 24.6. The van der Waals surface area contributed by atoms with E-state index in [1.807, 2.05) is 6.07 Å². The fourth-order valence-electron chi connectivity index (χ4n) is 6.18. The summed E-state index contributed by atoms with van der Waals surface area (Å²) >= 11 is 0. The number of hydrogen-bond donors (Lipinski definition) is 9. The van der Waals surface area contributed by atoms with Crippen molar-refractivity contribution in [1.82, 2.24) is 5.32 Å². The molecule has 3 heterocycles. The van der Waals surface area contributed by atoms with Crippen molar-refractivity contribution in [3.8, 4) is 5.75 Å². The van der Waals surface area contributed by atoms with Crippen LogP contribution in [-0.2, 0) is 35.0 Å². The Kier molecular flexibility index (Phi) is 11.6. The third-order valence-corrected chi connectivity index (χ3v) is 8.72. The molecule has 5 rings (SSSR count). The second-order valence-electron chi connectivity index (χ2n) is 12.0. The van der Waals surface area contributed by atoms with Crippen molar-refractivity contribution in [3.05, 3.63) is 29.8 Å². The summed E-state index contributed by atoms with van der Waals surface area (Å²) in [6.07, 6.45) is -7.40. The van der Waals surface area contributed by atoms with Gasteiger partial charge < -0.3 is 76.8 Å². The zero-order chi connectivity index (χ0) is 31.4. The first-order valence-electron chi connectivity index (χ1n) is 15.3. The quantitative estimate of drug-likeness (QED) is 0.131. The van der Waals surface area contributed by atoms with Gasteiger partial charge in [-0.05, 0) is 43.4 Å². The molecule has 0 aromatic heterocycles. The average Bonchev–Trinajstić information content (AvgIpc) is 3.31. The number of aromatic hydroxyl groups is 1. The van der Waals surface area contributed by atoms with Gasteiger partial charge >= 0.3 is 0 Å². The van der Waals surface area contributed by atoms with Crippen molar-refractivity contribution < 1.29 is 48.8 Å². The Hall–Kier alpha value is -1.83. The fraction of sp³-hybridized carbons (Fsp3) is 0.759. The molecule has 1 saturated carbocycles. The van der Waals surface area contributed by atoms with Gasteiger partial charge in [0, 0.05) is 37.9 Å². The van der Waals surface area contributed by atoms with E-state index in [4.69, 9.17) is 51.0 Å². The van der Waals surface area contributed by atoms with E-state index in [1.165, 1.54) is 0 Å². The standard InChI is InChI=1S/C29H47N5O10/c30-11-16-6-7-18(32)28(40-16)42-24-19(33)10-20(34-12-14-3-1-4-15(36)9-14)22(37)26(24)44-29-23(38)25(21(13-35)41-29)43-27-17(31)5-2-8-39-27/h1,3-4,9,16-18,20-29,33-38H,2,5-8,10-13,30-32H2/t16-,17+,18+,20+,21+,22-,23+,24+,25+,26+,27+,28+,29-/m0/s1. The highest BCUT2D eigenvalue weighted by molar-refractivity contribution is 5.88. The zero-order valence-corrected chi connectivity index (χ0v) is 24.6. The van der Waals surface area contributed by atoms with E-state index in [0.29, 0.717) is 32.4 Å². The van der Waals surface area contributed by atoms with Crippen molar-refractivity contribution in [2.24, 2.45) is 17.2 Å². The summed E-state index contributed by atoms with van der Waals surface area (Å²) in [6.45, 7) is 0.544. The first-order chi connectivity index (χ1) is 21.2. The van der Waals surface area contributed by atoms with Crippen LogP contribution in [0.25, 0.3) is 0 Å². The van der Waals surface area contributed by atoms with Crippen LogP contribution in [0, 0.1) is 5.41 Å². The molecule has 12 N–H and O–H groups in total. The molecule has 15 nitrogen and oxygen atoms in total. The molecular weight excluding hydrogens is 578 g/mol. The summed E-state index contributed by atoms with van der Waals surface area (Å²) in [6, 6.07) is 5.14. The predicted octanol–water partition coefficient (Wildman–Crippen LogP) is -1.88. The first-order valence-corrected chi connectivity index (χ1v) is 15.3. The molecule has 1 aliphatic carbocycles. The van der Waals surface area contributed by atoms with E-state index in [9.17, 15) is 20.4 Å². The maximum atomic E-state index is 11.6. The lowest BCUT2D eigenvalue weighted by atomic mass is 9.85. The maximum Gasteiger partial charge on any atom is 0.187 e. The average molecular weight is 626 g/mol. The van der Waals surface area contributed by atoms with Crippen LogP contribution < -0.4 is 22.5 Å². The molecule has 0 amide bonds. The second kappa shape index (κ2) is 15.2. The fourth-order valence-corrected chi connectivity index (χ4v) is 6.18. The molecule has 1 aromatic rings. The summed E-state index contributed by atoms with van der Waals surface area (Å²) in [7, 11) is 0. The molecule has 3 aliphatic heterocycles. The Bertz CT molecular complexity index is 1090. The van der Waals surface area contributed by atoms with Crippen LogP contribution in [0.15, 0.2) is 24.3 Å². The van der Waals surface area contributed by atoms with Gasteiger partial charge in [-0.15, -0.1) is 0 Å². The van der Waals surface area contributed by atoms with Gasteiger partial charge in [-0.25, -0.2) is 0 Å². The largest absolute Gasteiger partial charge is 0.508 e. The number of rotatable bonds is 11. The number of nitrogens with two attached hydrogens (primary N) is 3. The summed E-state index contributed by atoms with van der Waals surface area (Å²) in [5.74, 6) is 0.109. The van der Waals surface area contributed by atoms with Crippen molar-refractivity contribution in [2.75, 3.05) is 19.8 Å². The van der Waals surface area contributed by atoms with E-state index < -0.39 is 80.2 Å². The molecule has 3 saturated heterocycles. The number of phenols is 1. The number of ether oxygens (including phenoxy) is 6. The predicted molar refractivity (Wildman–Crippen MR) is 155 cm³/mol. The highest BCUT2D eigenvalue weighted by atomic mass is 16.8. The van der Waals surface area contributed by atoms with Crippen LogP contribution >= 0.6 is 0 Å². The molecule has 4 aliphatic rings. The summed E-state index contributed by atoms with van der Waals surface area (Å²) in [5.41, 5.74) is 19.2. The van der Waals surface area contributed by atoms with Gasteiger partial charge in [0.15, 0.2) is 18.9 Å². The smallest absolute Gasteiger partial charge is 0.187 e. The van der Waals surface area contributed by atoms with Crippen molar-refractivity contribution >= 4 is 5.71 Å². The Morgan fingerprint density at radius 2 is 1.73 bits per heavy atom. The van der Waals surface area contributed by atoms with E-state index in [2.05, 4.69) is 5.32 Å². The van der Waals surface area contributed by atoms with Crippen molar-refractivity contribution in [1.29, 1.82) is 5.41 Å². The number of hydrogen-bond acceptors (Lipinski definition) is 15. The normalized spacial score (nSPS) is 41.6. The van der Waals surface area contributed by atoms with Crippen LogP contribution in [0.3, 0.4) is 0 Å². The van der Waals surface area contributed by atoms with Crippen molar-refractivity contribution in [3.63, 3.8) is 0 Å². The Morgan fingerprint density at radius 3 is 2.45 bits per heavy atom. The SMILES string of the molecule is N=C1C[C@@H](NCc2cccc(O)c2)[C@H](O)[C@@H](O[C@@H]2O[C@H](CO)[C@@H](O[C@H]3OCCC[C@H]3N)[C@H]2O)[C@@H]1O[C@H]1O[C@H](CN)CC[C@H]1N. The number of aliphatic hydroxyl groups excluding tert-OH is 3. The van der Waals surface area contributed by atoms with E-state index in [0.717, 1.165) is 12.0 Å². The lowest BCUT2D eigenvalue weighted by molar-refractivity contribution is -0.268. The highest BCUT2D eigenvalue weighted by Crippen LogP contribution is 2.33. The Morgan fingerprint density at radius 1 is 0.955 bits per heavy atom. The van der Waals surface area contributed by atoms with E-state index >= 15 is 0 Å². The van der Waals surface area contributed by atoms with Gasteiger partial charge in [-0.3, -0.25) is 0 Å². The minimum absolute atomic E-state index is 0.109. The van der Waals surface area contributed by atoms with Crippen LogP contribution in [0.4, 0.5) is 0 Å². The highest BCUT2D eigenvalue weighted by Gasteiger charge is 2.52. The minimum Gasteiger partial charge on any atom is -0.508 e. The summed E-state index contributed by atoms with van der Waals surface area (Å²) < 4.78 is 35.9. The molecule has 0 unspecified atom stereocenters. The molecule has 44 heavy (non-hydrogen) atoms. The number of phenolic OH excluding ortho intramolecular Hbond substituents is 1. The molecule has 1 aromatic carbocycles. The van der Waals surface area contributed by atoms with E-state index in [1.54, 1.807) is 18.2 Å². The monoisotopic (exact) mass is 625 g/mol. The lowest BCUT2D eigenvalue weighted by Gasteiger charge is -2.44. The van der Waals surface area contributed by atoms with Crippen LogP contribution in [0.2, 0.25) is 0 Å². The molecule has 248 valence electrons. The molecular formula is C29H47N5O10. The lowest BCUT2D eigenvalue weighted by Crippen LogP contribution is -2.63. The van der Waals surface area contributed by atoms with Gasteiger partial charge in [0.2, 0.25) is 0 Å². The summed E-state index contributed by atoms with van der Waals surface area (Å²) in [4.78, 5) is 0. The molecule has 13 atom stereocenters. The van der Waals surface area contributed by atoms with Crippen molar-refractivity contribution in [2.45, 2.75) is 118 Å². The Labute approximate surface area is 256 Å². The van der Waals surface area contributed by atoms with Gasteiger partial charge in [0.05, 0.1) is 30.9 Å². The van der Waals surface area contributed by atoms with Gasteiger partial charge in [0.25, 0.3) is 0 Å². The van der Waals surface area contributed by atoms with Gasteiger partial charge in [0.1, 0.15) is 36.3 Å². The van der Waals surface area contributed by atoms with E-state index in [-0.39, 0.29) is 30.5 Å². The van der Waals surface area contributed by atoms with Gasteiger partial charge in [-0.1, -0.05) is 12.1 Å². The first kappa shape index (κ1) is 33.5. The molecule has 15 heteroatoms. The Balaban J connectivity index is 1.33. The second-order valence-corrected chi connectivity index (χ2v) is 12.0. The molecule has 0 bridgehead atoms. The molecule has 0 radical (unpaired) electrons. The third-order valence-electron chi connectivity index (χ3n) is 8.72. The van der Waals surface area contributed by atoms with Gasteiger partial charge in [-0.2, -0.15) is 0 Å². The number of benzene rings is 1. The van der Waals surface area contributed by atoms with Crippen LogP contribution in [-0.4, -0.2) is 126 Å². The van der Waals surface area contributed by atoms with Crippen LogP contribution in [0.1, 0.15) is 37.7 Å². The minimum atomic E-state index is -1.39. The topological polar surface area (TPSA) is 250 Å². The third kappa shape index (κ3) is 7.75. The maximum absolute atomic E-state index is 11.6. The molecule has 0 spiro atoms. The number of aliphatic hydroxyl groups is 3. The number of nitrogens with one attached hydrogen (secondary N) is 2.